The first-order valence-electron chi connectivity index (χ1n) is 5.93. The molecule has 2 aromatic heterocycles. The number of aromatic nitrogens is 4. The van der Waals surface area contributed by atoms with Crippen LogP contribution < -0.4 is 5.73 Å². The summed E-state index contributed by atoms with van der Waals surface area (Å²) in [6.07, 6.45) is 2.00. The van der Waals surface area contributed by atoms with E-state index in [0.29, 0.717) is 17.4 Å². The molecule has 2 aromatic rings. The molecule has 0 saturated heterocycles. The Morgan fingerprint density at radius 3 is 2.95 bits per heavy atom. The highest BCUT2D eigenvalue weighted by molar-refractivity contribution is 7.99. The standard InChI is InChI=1S/C11H12N6O3S/c1-16-9(5-4-8(12)18)14-15-11(16)21-10-7(17(19)20)3-2-6-13-10/h2-3,6H,4-5H2,1H3,(H2,12,18). The smallest absolute Gasteiger partial charge is 0.301 e. The van der Waals surface area contributed by atoms with Gasteiger partial charge in [0, 0.05) is 32.2 Å². The quantitative estimate of drug-likeness (QED) is 0.613. The van der Waals surface area contributed by atoms with Crippen molar-refractivity contribution in [3.05, 3.63) is 34.3 Å². The second-order valence-corrected chi connectivity index (χ2v) is 5.07. The van der Waals surface area contributed by atoms with E-state index >= 15 is 0 Å². The SMILES string of the molecule is Cn1c(CCC(N)=O)nnc1Sc1ncccc1[N+](=O)[O-]. The van der Waals surface area contributed by atoms with E-state index in [9.17, 15) is 14.9 Å². The summed E-state index contributed by atoms with van der Waals surface area (Å²) in [5, 5.41) is 19.5. The monoisotopic (exact) mass is 308 g/mol. The van der Waals surface area contributed by atoms with Gasteiger partial charge in [0.05, 0.1) is 4.92 Å². The van der Waals surface area contributed by atoms with Crippen molar-refractivity contribution in [1.82, 2.24) is 19.7 Å². The van der Waals surface area contributed by atoms with E-state index in [-0.39, 0.29) is 17.1 Å². The molecule has 0 saturated carbocycles. The van der Waals surface area contributed by atoms with E-state index in [0.717, 1.165) is 11.8 Å². The Labute approximate surface area is 123 Å². The molecule has 0 aliphatic rings. The number of nitrogens with two attached hydrogens (primary N) is 1. The summed E-state index contributed by atoms with van der Waals surface area (Å²) in [6.45, 7) is 0. The fourth-order valence-corrected chi connectivity index (χ4v) is 2.43. The van der Waals surface area contributed by atoms with Crippen LogP contribution in [0.25, 0.3) is 0 Å². The highest BCUT2D eigenvalue weighted by atomic mass is 32.2. The van der Waals surface area contributed by atoms with Gasteiger partial charge in [-0.25, -0.2) is 4.98 Å². The van der Waals surface area contributed by atoms with Crippen LogP contribution in [0.4, 0.5) is 5.69 Å². The average molecular weight is 308 g/mol. The third kappa shape index (κ3) is 3.54. The molecule has 110 valence electrons. The number of pyridine rings is 1. The van der Waals surface area contributed by atoms with Crippen LogP contribution in [0.2, 0.25) is 0 Å². The van der Waals surface area contributed by atoms with Crippen molar-refractivity contribution in [3.8, 4) is 0 Å². The van der Waals surface area contributed by atoms with E-state index in [1.54, 1.807) is 11.6 Å². The van der Waals surface area contributed by atoms with E-state index in [1.165, 1.54) is 18.3 Å². The molecule has 0 radical (unpaired) electrons. The Hall–Kier alpha value is -2.49. The maximum atomic E-state index is 10.9. The molecule has 2 rings (SSSR count). The predicted molar refractivity (Wildman–Crippen MR) is 73.5 cm³/mol. The lowest BCUT2D eigenvalue weighted by Crippen LogP contribution is -2.12. The van der Waals surface area contributed by atoms with Gasteiger partial charge in [0.15, 0.2) is 10.2 Å². The number of carbonyl (C=O) groups excluding carboxylic acids is 1. The van der Waals surface area contributed by atoms with E-state index in [4.69, 9.17) is 5.73 Å². The van der Waals surface area contributed by atoms with E-state index in [2.05, 4.69) is 15.2 Å². The van der Waals surface area contributed by atoms with Crippen LogP contribution in [0.3, 0.4) is 0 Å². The number of carbonyl (C=O) groups is 1. The lowest BCUT2D eigenvalue weighted by molar-refractivity contribution is -0.388. The summed E-state index contributed by atoms with van der Waals surface area (Å²) in [7, 11) is 1.72. The molecule has 9 nitrogen and oxygen atoms in total. The minimum absolute atomic E-state index is 0.0933. The number of aryl methyl sites for hydroxylation is 1. The number of amides is 1. The number of hydrogen-bond donors (Lipinski definition) is 1. The highest BCUT2D eigenvalue weighted by Gasteiger charge is 2.19. The second kappa shape index (κ2) is 6.31. The van der Waals surface area contributed by atoms with E-state index in [1.807, 2.05) is 0 Å². The molecule has 0 bridgehead atoms. The van der Waals surface area contributed by atoms with Crippen LogP contribution in [-0.2, 0) is 18.3 Å². The van der Waals surface area contributed by atoms with Crippen molar-refractivity contribution in [2.45, 2.75) is 23.0 Å². The molecule has 2 N–H and O–H groups in total. The Morgan fingerprint density at radius 2 is 2.29 bits per heavy atom. The summed E-state index contributed by atoms with van der Waals surface area (Å²) in [5.74, 6) is 0.155. The summed E-state index contributed by atoms with van der Waals surface area (Å²) in [6, 6.07) is 2.87. The molecule has 1 amide bonds. The minimum atomic E-state index is -0.500. The Kier molecular flexibility index (Phi) is 4.48. The summed E-state index contributed by atoms with van der Waals surface area (Å²) in [5.41, 5.74) is 4.99. The fraction of sp³-hybridized carbons (Fsp3) is 0.273. The fourth-order valence-electron chi connectivity index (χ4n) is 1.57. The van der Waals surface area contributed by atoms with Crippen molar-refractivity contribution in [3.63, 3.8) is 0 Å². The van der Waals surface area contributed by atoms with Crippen LogP contribution in [0.15, 0.2) is 28.5 Å². The zero-order valence-electron chi connectivity index (χ0n) is 11.1. The molecular formula is C11H12N6O3S. The van der Waals surface area contributed by atoms with Gasteiger partial charge in [-0.05, 0) is 17.8 Å². The van der Waals surface area contributed by atoms with Gasteiger partial charge < -0.3 is 10.3 Å². The van der Waals surface area contributed by atoms with Crippen LogP contribution in [0, 0.1) is 10.1 Å². The summed E-state index contributed by atoms with van der Waals surface area (Å²) in [4.78, 5) is 25.2. The molecule has 0 unspecified atom stereocenters. The van der Waals surface area contributed by atoms with Crippen molar-refractivity contribution in [1.29, 1.82) is 0 Å². The maximum Gasteiger partial charge on any atom is 0.301 e. The molecule has 0 atom stereocenters. The third-order valence-electron chi connectivity index (χ3n) is 2.66. The topological polar surface area (TPSA) is 130 Å². The molecule has 0 aromatic carbocycles. The van der Waals surface area contributed by atoms with Crippen LogP contribution in [0.1, 0.15) is 12.2 Å². The molecule has 0 aliphatic carbocycles. The Morgan fingerprint density at radius 1 is 1.52 bits per heavy atom. The Bertz CT molecular complexity index is 686. The van der Waals surface area contributed by atoms with Crippen LogP contribution in [-0.4, -0.2) is 30.6 Å². The van der Waals surface area contributed by atoms with Crippen molar-refractivity contribution in [2.24, 2.45) is 12.8 Å². The number of nitrogens with zero attached hydrogens (tertiary/aromatic N) is 5. The normalized spacial score (nSPS) is 10.5. The summed E-state index contributed by atoms with van der Waals surface area (Å²) >= 11 is 1.04. The number of primary amides is 1. The first-order valence-corrected chi connectivity index (χ1v) is 6.74. The molecule has 0 fully saturated rings. The lowest BCUT2D eigenvalue weighted by atomic mass is 10.3. The van der Waals surface area contributed by atoms with Gasteiger partial charge in [0.1, 0.15) is 5.82 Å². The number of hydrogen-bond acceptors (Lipinski definition) is 7. The van der Waals surface area contributed by atoms with Gasteiger partial charge in [-0.1, -0.05) is 0 Å². The molecular weight excluding hydrogens is 296 g/mol. The van der Waals surface area contributed by atoms with E-state index < -0.39 is 10.8 Å². The Balaban J connectivity index is 2.21. The van der Waals surface area contributed by atoms with Crippen molar-refractivity contribution in [2.75, 3.05) is 0 Å². The number of rotatable bonds is 6. The predicted octanol–water partition coefficient (Wildman–Crippen LogP) is 0.687. The maximum absolute atomic E-state index is 10.9. The molecule has 10 heteroatoms. The van der Waals surface area contributed by atoms with Gasteiger partial charge >= 0.3 is 5.69 Å². The second-order valence-electron chi connectivity index (χ2n) is 4.11. The lowest BCUT2D eigenvalue weighted by Gasteiger charge is -2.03. The zero-order valence-corrected chi connectivity index (χ0v) is 11.9. The van der Waals surface area contributed by atoms with Gasteiger partial charge in [-0.15, -0.1) is 10.2 Å². The van der Waals surface area contributed by atoms with Crippen molar-refractivity contribution < 1.29 is 9.72 Å². The highest BCUT2D eigenvalue weighted by Crippen LogP contribution is 2.31. The van der Waals surface area contributed by atoms with Gasteiger partial charge in [0.2, 0.25) is 5.91 Å². The zero-order chi connectivity index (χ0) is 15.4. The molecule has 0 spiro atoms. The third-order valence-corrected chi connectivity index (χ3v) is 3.70. The first kappa shape index (κ1) is 14.9. The molecule has 2 heterocycles. The van der Waals surface area contributed by atoms with Gasteiger partial charge in [-0.3, -0.25) is 14.9 Å². The van der Waals surface area contributed by atoms with Crippen LogP contribution >= 0.6 is 11.8 Å². The summed E-state index contributed by atoms with van der Waals surface area (Å²) < 4.78 is 1.66. The van der Waals surface area contributed by atoms with Gasteiger partial charge in [-0.2, -0.15) is 0 Å². The minimum Gasteiger partial charge on any atom is -0.370 e. The molecule has 0 aliphatic heterocycles. The van der Waals surface area contributed by atoms with Gasteiger partial charge in [0.25, 0.3) is 0 Å². The first-order chi connectivity index (χ1) is 9.99. The largest absolute Gasteiger partial charge is 0.370 e. The average Bonchev–Trinajstić information content (AvgIpc) is 2.78. The van der Waals surface area contributed by atoms with Crippen molar-refractivity contribution >= 4 is 23.4 Å². The molecule has 21 heavy (non-hydrogen) atoms. The van der Waals surface area contributed by atoms with Crippen LogP contribution in [0.5, 0.6) is 0 Å². The number of nitro groups is 1.